The largest absolute Gasteiger partial charge is 0.397 e. The van der Waals surface area contributed by atoms with Crippen LogP contribution in [0.25, 0.3) is 0 Å². The summed E-state index contributed by atoms with van der Waals surface area (Å²) >= 11 is 0. The molecule has 1 N–H and O–H groups in total. The zero-order valence-electron chi connectivity index (χ0n) is 31.1. The van der Waals surface area contributed by atoms with Crippen molar-refractivity contribution in [3.63, 3.8) is 0 Å². The van der Waals surface area contributed by atoms with Crippen molar-refractivity contribution in [3.05, 3.63) is 0 Å². The number of hydrogen-bond acceptors (Lipinski definition) is 1. The zero-order valence-corrected chi connectivity index (χ0v) is 31.1. The number of aliphatic hydroxyl groups is 1. The van der Waals surface area contributed by atoms with Crippen LogP contribution in [0, 0.1) is 0 Å². The van der Waals surface area contributed by atoms with Crippen LogP contribution in [0.1, 0.15) is 244 Å². The molecule has 0 aliphatic rings. The van der Waals surface area contributed by atoms with E-state index < -0.39 is 0 Å². The molecule has 0 fully saturated rings. The molecule has 39 heavy (non-hydrogen) atoms. The first-order chi connectivity index (χ1) is 18.9. The molecule has 0 aromatic carbocycles. The van der Waals surface area contributed by atoms with E-state index in [1.54, 1.807) is 6.92 Å². The molecule has 248 valence electrons. The van der Waals surface area contributed by atoms with Gasteiger partial charge >= 0.3 is 0 Å². The maximum atomic E-state index is 7.57. The molecule has 0 unspecified atom stereocenters. The molecule has 0 saturated heterocycles. The van der Waals surface area contributed by atoms with E-state index >= 15 is 0 Å². The third-order valence-electron chi connectivity index (χ3n) is 5.74. The van der Waals surface area contributed by atoms with Crippen LogP contribution in [-0.4, -0.2) is 11.7 Å². The fourth-order valence-corrected chi connectivity index (χ4v) is 3.00. The van der Waals surface area contributed by atoms with Crippen LogP contribution >= 0.6 is 0 Å². The van der Waals surface area contributed by atoms with Crippen LogP contribution in [0.2, 0.25) is 0 Å². The van der Waals surface area contributed by atoms with E-state index in [1.807, 2.05) is 0 Å². The van der Waals surface area contributed by atoms with E-state index in [0.29, 0.717) is 0 Å². The Morgan fingerprint density at radius 1 is 0.205 bits per heavy atom. The lowest BCUT2D eigenvalue weighted by Gasteiger charge is -1.86. The SMILES string of the molecule is CCCCCC.CCCCCC.CCCCCC.CCCCCC.CCCCCC.CCCCCC.CCO. The van der Waals surface area contributed by atoms with Crippen molar-refractivity contribution in [2.75, 3.05) is 6.61 Å². The van der Waals surface area contributed by atoms with Gasteiger partial charge in [-0.2, -0.15) is 0 Å². The van der Waals surface area contributed by atoms with Crippen LogP contribution in [0.15, 0.2) is 0 Å². The van der Waals surface area contributed by atoms with Crippen molar-refractivity contribution in [2.24, 2.45) is 0 Å². The first-order valence-corrected chi connectivity index (χ1v) is 18.5. The number of unbranched alkanes of at least 4 members (excludes halogenated alkanes) is 18. The fraction of sp³-hybridized carbons (Fsp3) is 1.00. The molecule has 0 radical (unpaired) electrons. The second-order valence-corrected chi connectivity index (χ2v) is 10.6. The van der Waals surface area contributed by atoms with Crippen LogP contribution in [-0.2, 0) is 0 Å². The highest BCUT2D eigenvalue weighted by atomic mass is 16.2. The second kappa shape index (κ2) is 83.2. The Morgan fingerprint density at radius 3 is 0.282 bits per heavy atom. The molecule has 0 aromatic heterocycles. The van der Waals surface area contributed by atoms with Crippen molar-refractivity contribution >= 4 is 0 Å². The van der Waals surface area contributed by atoms with Gasteiger partial charge in [-0.25, -0.2) is 0 Å². The van der Waals surface area contributed by atoms with E-state index in [0.717, 1.165) is 0 Å². The quantitative estimate of drug-likeness (QED) is 0.165. The molecular formula is C38H90O. The molecule has 0 amide bonds. The Morgan fingerprint density at radius 2 is 0.256 bits per heavy atom. The Balaban J connectivity index is -0.0000000617. The van der Waals surface area contributed by atoms with Gasteiger partial charge in [0.1, 0.15) is 0 Å². The summed E-state index contributed by atoms with van der Waals surface area (Å²) in [6, 6.07) is 0. The van der Waals surface area contributed by atoms with Crippen molar-refractivity contribution < 1.29 is 5.11 Å². The molecule has 0 atom stereocenters. The van der Waals surface area contributed by atoms with Gasteiger partial charge in [0.25, 0.3) is 0 Å². The standard InChI is InChI=1S/6C6H14.C2H6O/c6*1-3-5-6-4-2;1-2-3/h6*3-6H2,1-2H3;3H,2H2,1H3. The smallest absolute Gasteiger partial charge is 0.0402 e. The molecule has 0 aliphatic carbocycles. The Labute approximate surface area is 255 Å². The third kappa shape index (κ3) is 152. The normalized spacial score (nSPS) is 8.77. The van der Waals surface area contributed by atoms with Gasteiger partial charge in [-0.05, 0) is 6.92 Å². The highest BCUT2D eigenvalue weighted by molar-refractivity contribution is 4.34. The lowest BCUT2D eigenvalue weighted by atomic mass is 10.2. The summed E-state index contributed by atoms with van der Waals surface area (Å²) in [5.74, 6) is 0. The first kappa shape index (κ1) is 55.0. The highest BCUT2D eigenvalue weighted by Crippen LogP contribution is 1.98. The van der Waals surface area contributed by atoms with Crippen LogP contribution in [0.3, 0.4) is 0 Å². The topological polar surface area (TPSA) is 20.2 Å². The van der Waals surface area contributed by atoms with E-state index in [1.165, 1.54) is 154 Å². The number of aliphatic hydroxyl groups excluding tert-OH is 1. The monoisotopic (exact) mass is 563 g/mol. The van der Waals surface area contributed by atoms with E-state index in [9.17, 15) is 0 Å². The van der Waals surface area contributed by atoms with Crippen LogP contribution < -0.4 is 0 Å². The highest BCUT2D eigenvalue weighted by Gasteiger charge is 1.78. The van der Waals surface area contributed by atoms with Crippen molar-refractivity contribution in [2.45, 2.75) is 244 Å². The summed E-state index contributed by atoms with van der Waals surface area (Å²) < 4.78 is 0. The number of hydrogen-bond donors (Lipinski definition) is 1. The number of rotatable bonds is 18. The van der Waals surface area contributed by atoms with Gasteiger partial charge in [-0.1, -0.05) is 237 Å². The van der Waals surface area contributed by atoms with Gasteiger partial charge in [-0.15, -0.1) is 0 Å². The van der Waals surface area contributed by atoms with Gasteiger partial charge in [0, 0.05) is 6.61 Å². The van der Waals surface area contributed by atoms with Gasteiger partial charge < -0.3 is 5.11 Å². The Kier molecular flexibility index (Phi) is 117. The minimum Gasteiger partial charge on any atom is -0.397 e. The summed E-state index contributed by atoms with van der Waals surface area (Å²) in [7, 11) is 0. The van der Waals surface area contributed by atoms with Gasteiger partial charge in [0.05, 0.1) is 0 Å². The minimum atomic E-state index is 0.250. The first-order valence-electron chi connectivity index (χ1n) is 18.5. The van der Waals surface area contributed by atoms with Crippen molar-refractivity contribution in [1.29, 1.82) is 0 Å². The maximum absolute atomic E-state index is 7.57. The van der Waals surface area contributed by atoms with Crippen LogP contribution in [0.4, 0.5) is 0 Å². The summed E-state index contributed by atoms with van der Waals surface area (Å²) in [5, 5.41) is 7.57. The van der Waals surface area contributed by atoms with E-state index in [-0.39, 0.29) is 6.61 Å². The van der Waals surface area contributed by atoms with E-state index in [2.05, 4.69) is 83.1 Å². The molecule has 0 heterocycles. The summed E-state index contributed by atoms with van der Waals surface area (Å²) in [6.07, 6.45) is 33.2. The molecule has 1 heteroatoms. The average Bonchev–Trinajstić information content (AvgIpc) is 2.96. The lowest BCUT2D eigenvalue weighted by Crippen LogP contribution is -1.66. The lowest BCUT2D eigenvalue weighted by molar-refractivity contribution is 0.318. The molecule has 1 nitrogen and oxygen atoms in total. The maximum Gasteiger partial charge on any atom is 0.0402 e. The predicted molar refractivity (Wildman–Crippen MR) is 192 cm³/mol. The average molecular weight is 563 g/mol. The molecule has 0 bridgehead atoms. The Bertz CT molecular complexity index is 153. The fourth-order valence-electron chi connectivity index (χ4n) is 3.00. The van der Waals surface area contributed by atoms with Crippen LogP contribution in [0.5, 0.6) is 0 Å². The van der Waals surface area contributed by atoms with E-state index in [4.69, 9.17) is 5.11 Å². The Hall–Kier alpha value is -0.0400. The van der Waals surface area contributed by atoms with Crippen molar-refractivity contribution in [3.8, 4) is 0 Å². The molecule has 0 saturated carbocycles. The summed E-state index contributed by atoms with van der Waals surface area (Å²) in [6.45, 7) is 28.7. The summed E-state index contributed by atoms with van der Waals surface area (Å²) in [4.78, 5) is 0. The zero-order chi connectivity index (χ0) is 31.7. The van der Waals surface area contributed by atoms with Gasteiger partial charge in [0.2, 0.25) is 0 Å². The summed E-state index contributed by atoms with van der Waals surface area (Å²) in [5.41, 5.74) is 0. The van der Waals surface area contributed by atoms with Gasteiger partial charge in [0.15, 0.2) is 0 Å². The second-order valence-electron chi connectivity index (χ2n) is 10.6. The van der Waals surface area contributed by atoms with Gasteiger partial charge in [-0.3, -0.25) is 0 Å². The van der Waals surface area contributed by atoms with Crippen molar-refractivity contribution in [1.82, 2.24) is 0 Å². The predicted octanol–water partition coefficient (Wildman–Crippen LogP) is 15.5. The minimum absolute atomic E-state index is 0.250. The molecule has 0 rings (SSSR count). The molecule has 0 aromatic rings. The molecular weight excluding hydrogens is 472 g/mol. The molecule has 0 aliphatic heterocycles. The molecule has 0 spiro atoms. The third-order valence-corrected chi connectivity index (χ3v) is 5.74.